The molecule has 1 aliphatic heterocycles. The SMILES string of the molecule is C[C@@H]1CN(S(=O)(=O)c2ccc([N+](=O)[O-])cc2)C[C@@H](c2ccnc(N(C)C)c2)O1. The first kappa shape index (κ1) is 20.2. The van der Waals surface area contributed by atoms with E-state index in [1.54, 1.807) is 6.20 Å². The Labute approximate surface area is 163 Å². The molecule has 0 saturated carbocycles. The number of nitro benzene ring substituents is 1. The second-order valence-electron chi connectivity index (χ2n) is 6.85. The van der Waals surface area contributed by atoms with E-state index in [2.05, 4.69) is 4.98 Å². The van der Waals surface area contributed by atoms with Crippen LogP contribution in [0.15, 0.2) is 47.5 Å². The largest absolute Gasteiger partial charge is 0.368 e. The monoisotopic (exact) mass is 406 g/mol. The highest BCUT2D eigenvalue weighted by molar-refractivity contribution is 7.89. The van der Waals surface area contributed by atoms with Gasteiger partial charge in [0.25, 0.3) is 5.69 Å². The fraction of sp³-hybridized carbons (Fsp3) is 0.389. The van der Waals surface area contributed by atoms with E-state index in [4.69, 9.17) is 4.74 Å². The third-order valence-corrected chi connectivity index (χ3v) is 6.36. The number of ether oxygens (including phenoxy) is 1. The molecule has 1 saturated heterocycles. The summed E-state index contributed by atoms with van der Waals surface area (Å²) < 4.78 is 33.4. The van der Waals surface area contributed by atoms with Gasteiger partial charge in [-0.25, -0.2) is 13.4 Å². The summed E-state index contributed by atoms with van der Waals surface area (Å²) in [5, 5.41) is 10.8. The molecular formula is C18H22N4O5S. The Bertz CT molecular complexity index is 962. The Hall–Kier alpha value is -2.56. The number of non-ortho nitro benzene ring substituents is 1. The second kappa shape index (κ2) is 7.82. The number of aromatic nitrogens is 1. The molecule has 1 fully saturated rings. The van der Waals surface area contributed by atoms with Crippen LogP contribution in [0.3, 0.4) is 0 Å². The number of anilines is 1. The minimum atomic E-state index is -3.80. The third kappa shape index (κ3) is 4.13. The minimum Gasteiger partial charge on any atom is -0.368 e. The van der Waals surface area contributed by atoms with Crippen LogP contribution in [0.4, 0.5) is 11.5 Å². The molecule has 0 aliphatic carbocycles. The molecule has 3 rings (SSSR count). The topological polar surface area (TPSA) is 106 Å². The molecule has 1 aromatic heterocycles. The van der Waals surface area contributed by atoms with Gasteiger partial charge in [-0.15, -0.1) is 0 Å². The maximum atomic E-state index is 13.0. The molecule has 9 nitrogen and oxygen atoms in total. The molecule has 0 spiro atoms. The van der Waals surface area contributed by atoms with Crippen molar-refractivity contribution in [2.45, 2.75) is 24.0 Å². The molecule has 0 amide bonds. The third-order valence-electron chi connectivity index (χ3n) is 4.51. The van der Waals surface area contributed by atoms with Crippen LogP contribution in [0.25, 0.3) is 0 Å². The van der Waals surface area contributed by atoms with Crippen molar-refractivity contribution in [1.82, 2.24) is 9.29 Å². The van der Waals surface area contributed by atoms with Crippen molar-refractivity contribution in [2.24, 2.45) is 0 Å². The molecule has 2 aromatic rings. The average Bonchev–Trinajstić information content (AvgIpc) is 2.67. The fourth-order valence-corrected chi connectivity index (χ4v) is 4.58. The lowest BCUT2D eigenvalue weighted by Gasteiger charge is -2.36. The number of nitrogens with zero attached hydrogens (tertiary/aromatic N) is 4. The quantitative estimate of drug-likeness (QED) is 0.553. The Morgan fingerprint density at radius 2 is 1.89 bits per heavy atom. The molecule has 0 radical (unpaired) electrons. The summed E-state index contributed by atoms with van der Waals surface area (Å²) in [6.45, 7) is 2.18. The average molecular weight is 406 g/mol. The second-order valence-corrected chi connectivity index (χ2v) is 8.79. The molecule has 10 heteroatoms. The molecule has 0 bridgehead atoms. The minimum absolute atomic E-state index is 0.0228. The van der Waals surface area contributed by atoms with Gasteiger partial charge in [0.1, 0.15) is 5.82 Å². The highest BCUT2D eigenvalue weighted by atomic mass is 32.2. The van der Waals surface area contributed by atoms with Crippen molar-refractivity contribution >= 4 is 21.5 Å². The van der Waals surface area contributed by atoms with Crippen LogP contribution in [0.2, 0.25) is 0 Å². The van der Waals surface area contributed by atoms with Crippen molar-refractivity contribution in [3.05, 3.63) is 58.3 Å². The summed E-state index contributed by atoms with van der Waals surface area (Å²) in [5.41, 5.74) is 0.689. The number of hydrogen-bond acceptors (Lipinski definition) is 7. The van der Waals surface area contributed by atoms with E-state index >= 15 is 0 Å². The van der Waals surface area contributed by atoms with Crippen LogP contribution in [-0.4, -0.2) is 55.9 Å². The zero-order chi connectivity index (χ0) is 20.5. The number of benzene rings is 1. The highest BCUT2D eigenvalue weighted by Crippen LogP contribution is 2.30. The Morgan fingerprint density at radius 3 is 2.50 bits per heavy atom. The standard InChI is InChI=1S/C18H22N4O5S/c1-13-11-21(28(25,26)16-6-4-15(5-7-16)22(23)24)12-17(27-13)14-8-9-19-18(10-14)20(2)3/h4-10,13,17H,11-12H2,1-3H3/t13-,17+/m1/s1. The van der Waals surface area contributed by atoms with Crippen LogP contribution < -0.4 is 4.90 Å². The van der Waals surface area contributed by atoms with E-state index in [1.807, 2.05) is 38.1 Å². The molecule has 1 aromatic carbocycles. The van der Waals surface area contributed by atoms with Crippen molar-refractivity contribution in [2.75, 3.05) is 32.1 Å². The van der Waals surface area contributed by atoms with Gasteiger partial charge < -0.3 is 9.64 Å². The number of nitro groups is 1. The predicted molar refractivity (Wildman–Crippen MR) is 104 cm³/mol. The number of sulfonamides is 1. The van der Waals surface area contributed by atoms with Crippen molar-refractivity contribution < 1.29 is 18.1 Å². The zero-order valence-electron chi connectivity index (χ0n) is 15.8. The molecule has 1 aliphatic rings. The van der Waals surface area contributed by atoms with E-state index in [-0.39, 0.29) is 29.8 Å². The lowest BCUT2D eigenvalue weighted by Crippen LogP contribution is -2.45. The Balaban J connectivity index is 1.87. The van der Waals surface area contributed by atoms with Gasteiger partial charge in [-0.2, -0.15) is 4.31 Å². The van der Waals surface area contributed by atoms with Crippen molar-refractivity contribution in [3.63, 3.8) is 0 Å². The van der Waals surface area contributed by atoms with Gasteiger partial charge in [-0.3, -0.25) is 10.1 Å². The molecule has 2 heterocycles. The first-order valence-electron chi connectivity index (χ1n) is 8.72. The molecule has 0 N–H and O–H groups in total. The van der Waals surface area contributed by atoms with E-state index in [1.165, 1.54) is 28.6 Å². The van der Waals surface area contributed by atoms with Gasteiger partial charge in [-0.1, -0.05) is 0 Å². The molecule has 2 atom stereocenters. The Morgan fingerprint density at radius 1 is 1.21 bits per heavy atom. The van der Waals surface area contributed by atoms with Gasteiger partial charge >= 0.3 is 0 Å². The number of pyridine rings is 1. The van der Waals surface area contributed by atoms with Crippen LogP contribution in [-0.2, 0) is 14.8 Å². The molecule has 0 unspecified atom stereocenters. The summed E-state index contributed by atoms with van der Waals surface area (Å²) in [4.78, 5) is 16.4. The lowest BCUT2D eigenvalue weighted by molar-refractivity contribution is -0.384. The number of hydrogen-bond donors (Lipinski definition) is 0. The Kier molecular flexibility index (Phi) is 5.64. The van der Waals surface area contributed by atoms with E-state index in [0.29, 0.717) is 0 Å². The van der Waals surface area contributed by atoms with E-state index < -0.39 is 21.1 Å². The van der Waals surface area contributed by atoms with Gasteiger partial charge in [0.2, 0.25) is 10.0 Å². The molecule has 150 valence electrons. The number of rotatable bonds is 5. The maximum absolute atomic E-state index is 13.0. The van der Waals surface area contributed by atoms with Crippen LogP contribution in [0.1, 0.15) is 18.6 Å². The van der Waals surface area contributed by atoms with Crippen molar-refractivity contribution in [1.29, 1.82) is 0 Å². The fourth-order valence-electron chi connectivity index (χ4n) is 3.06. The van der Waals surface area contributed by atoms with Gasteiger partial charge in [0.15, 0.2) is 0 Å². The van der Waals surface area contributed by atoms with Gasteiger partial charge in [-0.05, 0) is 36.8 Å². The van der Waals surface area contributed by atoms with Gasteiger partial charge in [0.05, 0.1) is 22.0 Å². The van der Waals surface area contributed by atoms with Crippen molar-refractivity contribution in [3.8, 4) is 0 Å². The molecular weight excluding hydrogens is 384 g/mol. The van der Waals surface area contributed by atoms with E-state index in [9.17, 15) is 18.5 Å². The summed E-state index contributed by atoms with van der Waals surface area (Å²) in [6.07, 6.45) is 0.934. The first-order valence-corrected chi connectivity index (χ1v) is 10.2. The van der Waals surface area contributed by atoms with Crippen LogP contribution in [0, 0.1) is 10.1 Å². The summed E-state index contributed by atoms with van der Waals surface area (Å²) in [7, 11) is -0.0465. The number of morpholine rings is 1. The van der Waals surface area contributed by atoms with E-state index in [0.717, 1.165) is 11.4 Å². The normalized spacial score (nSPS) is 20.7. The summed E-state index contributed by atoms with van der Waals surface area (Å²) >= 11 is 0. The maximum Gasteiger partial charge on any atom is 0.269 e. The lowest BCUT2D eigenvalue weighted by atomic mass is 10.1. The smallest absolute Gasteiger partial charge is 0.269 e. The predicted octanol–water partition coefficient (Wildman–Crippen LogP) is 2.21. The van der Waals surface area contributed by atoms with Crippen LogP contribution >= 0.6 is 0 Å². The molecule has 28 heavy (non-hydrogen) atoms. The highest BCUT2D eigenvalue weighted by Gasteiger charge is 2.35. The summed E-state index contributed by atoms with van der Waals surface area (Å²) in [5.74, 6) is 0.754. The van der Waals surface area contributed by atoms with Gasteiger partial charge in [0, 0.05) is 45.5 Å². The zero-order valence-corrected chi connectivity index (χ0v) is 16.7. The summed E-state index contributed by atoms with van der Waals surface area (Å²) in [6, 6.07) is 8.60. The first-order chi connectivity index (χ1) is 13.2. The van der Waals surface area contributed by atoms with Crippen LogP contribution in [0.5, 0.6) is 0 Å².